The molecule has 0 spiro atoms. The van der Waals surface area contributed by atoms with Gasteiger partial charge in [0, 0.05) is 43.4 Å². The minimum Gasteiger partial charge on any atom is -0.458 e. The number of esters is 1. The SMILES string of the molecule is C=CCOC(=O)C(O)N1C(=O)[C@H](C(C)C)[C@H]1CC(=O)c1cc(C)n(CCc2ccccc2)n1.Cc1cc(C(=O)C[C@H]2NC(=O)[C@@H]2C(C)C)nn1CCc1ccccc1. The van der Waals surface area contributed by atoms with Crippen LogP contribution < -0.4 is 5.32 Å². The van der Waals surface area contributed by atoms with E-state index in [4.69, 9.17) is 4.74 Å². The zero-order chi connectivity index (χ0) is 42.1. The van der Waals surface area contributed by atoms with E-state index in [2.05, 4.69) is 34.2 Å². The number of aryl methyl sites for hydroxylation is 6. The first-order valence-corrected chi connectivity index (χ1v) is 20.0. The number of rotatable bonds is 18. The number of β-lactam (4-membered cyclic amide) rings is 2. The van der Waals surface area contributed by atoms with Crippen molar-refractivity contribution >= 4 is 29.4 Å². The normalized spacial score (nSPS) is 19.1. The molecule has 5 atom stereocenters. The molecule has 0 aliphatic carbocycles. The van der Waals surface area contributed by atoms with Gasteiger partial charge in [0.25, 0.3) is 0 Å². The Bertz CT molecular complexity index is 2070. The summed E-state index contributed by atoms with van der Waals surface area (Å²) in [7, 11) is 0. The average Bonchev–Trinajstić information content (AvgIpc) is 3.76. The molecule has 2 fully saturated rings. The minimum absolute atomic E-state index is 0.00258. The first-order chi connectivity index (χ1) is 27.7. The number of hydrogen-bond donors (Lipinski definition) is 2. The van der Waals surface area contributed by atoms with Gasteiger partial charge < -0.3 is 20.1 Å². The van der Waals surface area contributed by atoms with Crippen LogP contribution in [0, 0.1) is 37.5 Å². The number of nitrogens with zero attached hydrogens (tertiary/aromatic N) is 5. The summed E-state index contributed by atoms with van der Waals surface area (Å²) in [5, 5.41) is 22.2. The van der Waals surface area contributed by atoms with E-state index in [1.807, 2.05) is 101 Å². The lowest BCUT2D eigenvalue weighted by molar-refractivity contribution is -0.193. The molecule has 2 aromatic carbocycles. The quantitative estimate of drug-likeness (QED) is 0.0588. The smallest absolute Gasteiger partial charge is 0.356 e. The van der Waals surface area contributed by atoms with Crippen molar-refractivity contribution in [3.8, 4) is 0 Å². The number of carbonyl (C=O) groups is 5. The number of carbonyl (C=O) groups excluding carboxylic acids is 5. The molecule has 2 aliphatic heterocycles. The van der Waals surface area contributed by atoms with Crippen molar-refractivity contribution in [1.29, 1.82) is 0 Å². The van der Waals surface area contributed by atoms with Crippen LogP contribution in [0.15, 0.2) is 85.5 Å². The third-order valence-electron chi connectivity index (χ3n) is 10.9. The fraction of sp³-hybridized carbons (Fsp3) is 0.444. The first-order valence-electron chi connectivity index (χ1n) is 20.0. The monoisotopic (exact) mass is 792 g/mol. The number of aromatic nitrogens is 4. The number of Topliss-reactive ketones (excluding diaryl/α,β-unsaturated/α-hetero) is 2. The van der Waals surface area contributed by atoms with Crippen molar-refractivity contribution in [3.63, 3.8) is 0 Å². The molecule has 1 unspecified atom stereocenters. The number of hydrogen-bond acceptors (Lipinski definition) is 9. The van der Waals surface area contributed by atoms with Gasteiger partial charge in [-0.1, -0.05) is 101 Å². The Hall–Kier alpha value is -5.69. The summed E-state index contributed by atoms with van der Waals surface area (Å²) in [6.45, 7) is 16.4. The summed E-state index contributed by atoms with van der Waals surface area (Å²) in [6, 6.07) is 23.2. The van der Waals surface area contributed by atoms with Crippen molar-refractivity contribution < 1.29 is 33.8 Å². The standard InChI is InChI=1S/C25H31N3O5.C20H25N3O2/c1-5-13-33-25(32)24(31)28-20(22(16(2)3)23(28)30)15-21(29)19-14-17(4)27(26-19)12-11-18-9-7-6-8-10-18;1-13(2)19-17(21-20(19)25)12-18(24)16-11-14(3)23(22-16)10-9-15-7-5-4-6-8-15/h5-10,14,16,20,22,24,31H,1,11-13,15H2,2-4H3;4-8,11,13,17,19H,9-10,12H2,1-3H3,(H,21,25)/t20-,22-,24?;17-,19-/m11/s1. The van der Waals surface area contributed by atoms with Crippen molar-refractivity contribution in [2.24, 2.45) is 23.7 Å². The summed E-state index contributed by atoms with van der Waals surface area (Å²) in [5.74, 6) is -1.82. The Balaban J connectivity index is 0.000000229. The summed E-state index contributed by atoms with van der Waals surface area (Å²) < 4.78 is 8.56. The van der Waals surface area contributed by atoms with Crippen LogP contribution in [0.2, 0.25) is 0 Å². The van der Waals surface area contributed by atoms with Gasteiger partial charge in [-0.2, -0.15) is 10.2 Å². The van der Waals surface area contributed by atoms with E-state index in [1.54, 1.807) is 10.7 Å². The molecule has 58 heavy (non-hydrogen) atoms. The Morgan fingerprint density at radius 3 is 1.72 bits per heavy atom. The van der Waals surface area contributed by atoms with E-state index in [-0.39, 0.29) is 60.2 Å². The van der Waals surface area contributed by atoms with Crippen LogP contribution in [0.1, 0.15) is 84.0 Å². The number of aliphatic hydroxyl groups is 1. The highest BCUT2D eigenvalue weighted by Gasteiger charge is 2.53. The molecule has 0 saturated carbocycles. The van der Waals surface area contributed by atoms with Gasteiger partial charge in [-0.05, 0) is 61.8 Å². The lowest BCUT2D eigenvalue weighted by Gasteiger charge is -2.50. The number of nitrogens with one attached hydrogen (secondary N) is 1. The van der Waals surface area contributed by atoms with Gasteiger partial charge in [-0.25, -0.2) is 4.79 Å². The third kappa shape index (κ3) is 10.4. The zero-order valence-corrected chi connectivity index (χ0v) is 34.3. The van der Waals surface area contributed by atoms with E-state index >= 15 is 0 Å². The maximum absolute atomic E-state index is 13.0. The second-order valence-corrected chi connectivity index (χ2v) is 15.8. The second-order valence-electron chi connectivity index (χ2n) is 15.8. The van der Waals surface area contributed by atoms with Gasteiger partial charge in [0.05, 0.1) is 17.9 Å². The maximum Gasteiger partial charge on any atom is 0.356 e. The van der Waals surface area contributed by atoms with Crippen molar-refractivity contribution in [2.45, 2.75) is 98.6 Å². The number of benzene rings is 2. The van der Waals surface area contributed by atoms with E-state index in [9.17, 15) is 29.1 Å². The van der Waals surface area contributed by atoms with Crippen LogP contribution in [-0.2, 0) is 45.1 Å². The fourth-order valence-electron chi connectivity index (χ4n) is 7.68. The van der Waals surface area contributed by atoms with Crippen molar-refractivity contribution in [2.75, 3.05) is 6.61 Å². The molecular formula is C45H56N6O7. The molecule has 0 bridgehead atoms. The van der Waals surface area contributed by atoms with E-state index in [1.165, 1.54) is 17.2 Å². The highest BCUT2D eigenvalue weighted by molar-refractivity contribution is 5.98. The molecule has 13 nitrogen and oxygen atoms in total. The zero-order valence-electron chi connectivity index (χ0n) is 34.3. The molecule has 4 heterocycles. The molecule has 308 valence electrons. The van der Waals surface area contributed by atoms with Crippen LogP contribution in [0.5, 0.6) is 0 Å². The Morgan fingerprint density at radius 1 is 0.793 bits per heavy atom. The Morgan fingerprint density at radius 2 is 1.28 bits per heavy atom. The number of likely N-dealkylation sites (tertiary alicyclic amines) is 1. The van der Waals surface area contributed by atoms with Crippen LogP contribution in [-0.4, -0.2) is 83.8 Å². The lowest BCUT2D eigenvalue weighted by atomic mass is 9.76. The van der Waals surface area contributed by atoms with E-state index in [0.29, 0.717) is 24.4 Å². The largest absolute Gasteiger partial charge is 0.458 e. The van der Waals surface area contributed by atoms with E-state index in [0.717, 1.165) is 35.7 Å². The molecule has 2 saturated heterocycles. The van der Waals surface area contributed by atoms with Crippen LogP contribution in [0.25, 0.3) is 0 Å². The van der Waals surface area contributed by atoms with Crippen LogP contribution in [0.4, 0.5) is 0 Å². The Kier molecular flexibility index (Phi) is 14.7. The van der Waals surface area contributed by atoms with Gasteiger partial charge in [0.2, 0.25) is 18.0 Å². The number of ketones is 2. The molecule has 0 radical (unpaired) electrons. The molecule has 2 aromatic heterocycles. The Labute approximate surface area is 340 Å². The van der Waals surface area contributed by atoms with Gasteiger partial charge >= 0.3 is 5.97 Å². The van der Waals surface area contributed by atoms with Gasteiger partial charge in [0.1, 0.15) is 18.0 Å². The molecule has 2 amide bonds. The molecule has 2 N–H and O–H groups in total. The average molecular weight is 793 g/mol. The summed E-state index contributed by atoms with van der Waals surface area (Å²) in [4.78, 5) is 63.0. The fourth-order valence-corrected chi connectivity index (χ4v) is 7.68. The second kappa shape index (κ2) is 19.6. The van der Waals surface area contributed by atoms with Gasteiger partial charge in [0.15, 0.2) is 11.6 Å². The molecule has 6 rings (SSSR count). The minimum atomic E-state index is -1.75. The van der Waals surface area contributed by atoms with Crippen molar-refractivity contribution in [3.05, 3.63) is 119 Å². The predicted molar refractivity (Wildman–Crippen MR) is 218 cm³/mol. The van der Waals surface area contributed by atoms with Gasteiger partial charge in [-0.3, -0.25) is 28.5 Å². The topological polar surface area (TPSA) is 166 Å². The third-order valence-corrected chi connectivity index (χ3v) is 10.9. The highest BCUT2D eigenvalue weighted by atomic mass is 16.5. The molecule has 13 heteroatoms. The predicted octanol–water partition coefficient (Wildman–Crippen LogP) is 5.32. The molecule has 2 aliphatic rings. The van der Waals surface area contributed by atoms with Crippen molar-refractivity contribution in [1.82, 2.24) is 29.8 Å². The highest BCUT2D eigenvalue weighted by Crippen LogP contribution is 2.37. The van der Waals surface area contributed by atoms with E-state index < -0.39 is 24.2 Å². The van der Waals surface area contributed by atoms with Crippen LogP contribution >= 0.6 is 0 Å². The molecular weight excluding hydrogens is 737 g/mol. The summed E-state index contributed by atoms with van der Waals surface area (Å²) in [5.41, 5.74) is 5.09. The van der Waals surface area contributed by atoms with Gasteiger partial charge in [-0.15, -0.1) is 0 Å². The summed E-state index contributed by atoms with van der Waals surface area (Å²) >= 11 is 0. The number of amides is 2. The summed E-state index contributed by atoms with van der Waals surface area (Å²) in [6.07, 6.45) is 1.58. The van der Waals surface area contributed by atoms with Crippen LogP contribution in [0.3, 0.4) is 0 Å². The maximum atomic E-state index is 13.0. The molecule has 4 aromatic rings. The number of ether oxygens (including phenoxy) is 1. The number of aliphatic hydroxyl groups excluding tert-OH is 1. The lowest BCUT2D eigenvalue weighted by Crippen LogP contribution is -2.68. The first kappa shape index (κ1) is 43.4.